The van der Waals surface area contributed by atoms with Crippen molar-refractivity contribution in [2.75, 3.05) is 33.3 Å². The van der Waals surface area contributed by atoms with E-state index in [1.54, 1.807) is 4.90 Å². The van der Waals surface area contributed by atoms with Crippen LogP contribution in [0, 0.1) is 0 Å². The van der Waals surface area contributed by atoms with Gasteiger partial charge >= 0.3 is 5.97 Å². The van der Waals surface area contributed by atoms with Crippen LogP contribution in [0.3, 0.4) is 0 Å². The van der Waals surface area contributed by atoms with Gasteiger partial charge in [-0.1, -0.05) is 6.92 Å². The summed E-state index contributed by atoms with van der Waals surface area (Å²) in [6, 6.07) is 0. The van der Waals surface area contributed by atoms with E-state index < -0.39 is 0 Å². The second-order valence-corrected chi connectivity index (χ2v) is 4.13. The summed E-state index contributed by atoms with van der Waals surface area (Å²) in [5, 5.41) is 3.10. The summed E-state index contributed by atoms with van der Waals surface area (Å²) in [5.74, 6) is -0.440. The van der Waals surface area contributed by atoms with Gasteiger partial charge in [0.25, 0.3) is 0 Å². The fourth-order valence-corrected chi connectivity index (χ4v) is 1.65. The molecule has 5 heteroatoms. The number of ether oxygens (including phenoxy) is 1. The first kappa shape index (κ1) is 13.7. The number of carbonyl (C=O) groups is 2. The Morgan fingerprint density at radius 3 is 2.47 bits per heavy atom. The molecule has 1 heterocycles. The van der Waals surface area contributed by atoms with Crippen LogP contribution in [-0.4, -0.2) is 50.1 Å². The van der Waals surface area contributed by atoms with Crippen molar-refractivity contribution in [3.05, 3.63) is 11.1 Å². The molecule has 0 aliphatic carbocycles. The summed E-state index contributed by atoms with van der Waals surface area (Å²) in [4.78, 5) is 24.9. The quantitative estimate of drug-likeness (QED) is 0.555. The summed E-state index contributed by atoms with van der Waals surface area (Å²) in [6.07, 6.45) is 0.823. The van der Waals surface area contributed by atoms with Crippen LogP contribution in [0.4, 0.5) is 0 Å². The topological polar surface area (TPSA) is 58.6 Å². The second kappa shape index (κ2) is 6.39. The average molecular weight is 240 g/mol. The molecule has 1 saturated heterocycles. The summed E-state index contributed by atoms with van der Waals surface area (Å²) in [5.41, 5.74) is 1.88. The number of nitrogens with zero attached hydrogens (tertiary/aromatic N) is 1. The number of rotatable bonds is 5. The van der Waals surface area contributed by atoms with Gasteiger partial charge in [-0.2, -0.15) is 0 Å². The molecule has 96 valence electrons. The third kappa shape index (κ3) is 3.56. The number of hydrogen-bond acceptors (Lipinski definition) is 4. The van der Waals surface area contributed by atoms with Gasteiger partial charge in [0.2, 0.25) is 5.91 Å². The molecule has 0 aromatic carbocycles. The maximum Gasteiger partial charge on any atom is 0.325 e. The van der Waals surface area contributed by atoms with Crippen molar-refractivity contribution in [2.45, 2.75) is 20.3 Å². The predicted octanol–water partition coefficient (Wildman–Crippen LogP) is 0.318. The van der Waals surface area contributed by atoms with Gasteiger partial charge in [0.05, 0.1) is 7.11 Å². The van der Waals surface area contributed by atoms with Crippen LogP contribution < -0.4 is 5.32 Å². The maximum absolute atomic E-state index is 12.2. The fraction of sp³-hybridized carbons (Fsp3) is 0.667. The van der Waals surface area contributed by atoms with Gasteiger partial charge in [-0.25, -0.2) is 0 Å². The van der Waals surface area contributed by atoms with Crippen LogP contribution in [-0.2, 0) is 14.3 Å². The van der Waals surface area contributed by atoms with Gasteiger partial charge in [0.1, 0.15) is 6.54 Å². The van der Waals surface area contributed by atoms with Crippen LogP contribution >= 0.6 is 0 Å². The van der Waals surface area contributed by atoms with E-state index >= 15 is 0 Å². The molecule has 0 aromatic heterocycles. The minimum Gasteiger partial charge on any atom is -0.468 e. The van der Waals surface area contributed by atoms with Crippen LogP contribution in [0.15, 0.2) is 11.1 Å². The molecule has 1 amide bonds. The highest BCUT2D eigenvalue weighted by molar-refractivity contribution is 5.95. The zero-order chi connectivity index (χ0) is 12.8. The lowest BCUT2D eigenvalue weighted by molar-refractivity contribution is -0.145. The highest BCUT2D eigenvalue weighted by atomic mass is 16.5. The first-order valence-electron chi connectivity index (χ1n) is 5.85. The summed E-state index contributed by atoms with van der Waals surface area (Å²) < 4.78 is 4.60. The van der Waals surface area contributed by atoms with Crippen LogP contribution in [0.25, 0.3) is 0 Å². The minimum atomic E-state index is -0.378. The molecule has 0 radical (unpaired) electrons. The molecule has 5 nitrogen and oxygen atoms in total. The highest BCUT2D eigenvalue weighted by Crippen LogP contribution is 2.12. The molecule has 0 saturated carbocycles. The summed E-state index contributed by atoms with van der Waals surface area (Å²) in [7, 11) is 1.33. The van der Waals surface area contributed by atoms with E-state index in [0.717, 1.165) is 30.7 Å². The number of hydrogen-bond donors (Lipinski definition) is 1. The molecule has 1 N–H and O–H groups in total. The molecule has 1 fully saturated rings. The maximum atomic E-state index is 12.2. The lowest BCUT2D eigenvalue weighted by Gasteiger charge is -2.26. The van der Waals surface area contributed by atoms with Crippen LogP contribution in [0.5, 0.6) is 0 Å². The zero-order valence-electron chi connectivity index (χ0n) is 10.7. The van der Waals surface area contributed by atoms with E-state index in [1.165, 1.54) is 7.11 Å². The van der Waals surface area contributed by atoms with Crippen molar-refractivity contribution in [3.8, 4) is 0 Å². The Kier molecular flexibility index (Phi) is 5.15. The number of carbonyl (C=O) groups excluding carboxylic acids is 2. The van der Waals surface area contributed by atoms with E-state index in [9.17, 15) is 9.59 Å². The SMILES string of the molecule is CCCN(CC(=O)OC)C(=O)C(C)=C1CNC1. The monoisotopic (exact) mass is 240 g/mol. The van der Waals surface area contributed by atoms with Crippen molar-refractivity contribution in [1.29, 1.82) is 0 Å². The molecule has 17 heavy (non-hydrogen) atoms. The highest BCUT2D eigenvalue weighted by Gasteiger charge is 2.22. The molecule has 0 unspecified atom stereocenters. The van der Waals surface area contributed by atoms with Crippen molar-refractivity contribution in [3.63, 3.8) is 0 Å². The van der Waals surface area contributed by atoms with Gasteiger partial charge in [0.15, 0.2) is 0 Å². The first-order valence-corrected chi connectivity index (χ1v) is 5.85. The Morgan fingerprint density at radius 1 is 1.41 bits per heavy atom. The van der Waals surface area contributed by atoms with Gasteiger partial charge in [0, 0.05) is 25.2 Å². The Balaban J connectivity index is 2.69. The van der Waals surface area contributed by atoms with Gasteiger partial charge in [-0.3, -0.25) is 9.59 Å². The van der Waals surface area contributed by atoms with Gasteiger partial charge in [-0.15, -0.1) is 0 Å². The third-order valence-corrected chi connectivity index (χ3v) is 2.86. The Morgan fingerprint density at radius 2 is 2.06 bits per heavy atom. The van der Waals surface area contributed by atoms with E-state index in [1.807, 2.05) is 13.8 Å². The summed E-state index contributed by atoms with van der Waals surface area (Å²) >= 11 is 0. The zero-order valence-corrected chi connectivity index (χ0v) is 10.7. The molecular weight excluding hydrogens is 220 g/mol. The number of esters is 1. The molecule has 1 aliphatic rings. The lowest BCUT2D eigenvalue weighted by Crippen LogP contribution is -2.41. The van der Waals surface area contributed by atoms with Crippen molar-refractivity contribution >= 4 is 11.9 Å². The minimum absolute atomic E-state index is 0.0290. The molecule has 1 rings (SSSR count). The Hall–Kier alpha value is -1.36. The number of nitrogens with one attached hydrogen (secondary N) is 1. The second-order valence-electron chi connectivity index (χ2n) is 4.13. The largest absolute Gasteiger partial charge is 0.468 e. The standard InChI is InChI=1S/C12H20N2O3/c1-4-5-14(8-11(15)17-3)12(16)9(2)10-6-13-7-10/h13H,4-8H2,1-3H3. The normalized spacial score (nSPS) is 13.9. The van der Waals surface area contributed by atoms with E-state index in [4.69, 9.17) is 0 Å². The lowest BCUT2D eigenvalue weighted by atomic mass is 10.0. The van der Waals surface area contributed by atoms with E-state index in [2.05, 4.69) is 10.1 Å². The number of methoxy groups -OCH3 is 1. The molecular formula is C12H20N2O3. The Bertz CT molecular complexity index is 331. The van der Waals surface area contributed by atoms with Crippen molar-refractivity contribution in [2.24, 2.45) is 0 Å². The third-order valence-electron chi connectivity index (χ3n) is 2.86. The molecule has 0 aromatic rings. The molecule has 0 spiro atoms. The fourth-order valence-electron chi connectivity index (χ4n) is 1.65. The van der Waals surface area contributed by atoms with Crippen molar-refractivity contribution in [1.82, 2.24) is 10.2 Å². The van der Waals surface area contributed by atoms with Gasteiger partial charge in [-0.05, 0) is 18.9 Å². The van der Waals surface area contributed by atoms with Crippen molar-refractivity contribution < 1.29 is 14.3 Å². The molecule has 0 bridgehead atoms. The summed E-state index contributed by atoms with van der Waals surface area (Å²) in [6.45, 7) is 5.95. The van der Waals surface area contributed by atoms with E-state index in [-0.39, 0.29) is 18.4 Å². The smallest absolute Gasteiger partial charge is 0.325 e. The van der Waals surface area contributed by atoms with E-state index in [0.29, 0.717) is 6.54 Å². The van der Waals surface area contributed by atoms with Gasteiger partial charge < -0.3 is 15.0 Å². The molecule has 0 atom stereocenters. The van der Waals surface area contributed by atoms with Crippen LogP contribution in [0.1, 0.15) is 20.3 Å². The number of amides is 1. The average Bonchev–Trinajstić information content (AvgIpc) is 2.24. The Labute approximate surface area is 102 Å². The van der Waals surface area contributed by atoms with Crippen LogP contribution in [0.2, 0.25) is 0 Å². The molecule has 1 aliphatic heterocycles. The first-order chi connectivity index (χ1) is 8.10. The predicted molar refractivity (Wildman–Crippen MR) is 64.5 cm³/mol.